The molecule has 3 rings (SSSR count). The first-order valence-corrected chi connectivity index (χ1v) is 11.8. The molecule has 0 saturated carbocycles. The molecule has 1 saturated heterocycles. The summed E-state index contributed by atoms with van der Waals surface area (Å²) in [6.45, 7) is 4.23. The van der Waals surface area contributed by atoms with Crippen LogP contribution in [0, 0.1) is 11.8 Å². The number of carbonyl (C=O) groups excluding carboxylic acids is 1. The van der Waals surface area contributed by atoms with E-state index in [1.54, 1.807) is 6.08 Å². The van der Waals surface area contributed by atoms with Crippen LogP contribution in [0.25, 0.3) is 0 Å². The third kappa shape index (κ3) is 5.80. The van der Waals surface area contributed by atoms with E-state index in [2.05, 4.69) is 0 Å². The lowest BCUT2D eigenvalue weighted by molar-refractivity contribution is -0.340. The Hall–Kier alpha value is -1.57. The van der Waals surface area contributed by atoms with Gasteiger partial charge in [-0.15, -0.1) is 0 Å². The van der Waals surface area contributed by atoms with E-state index in [0.717, 1.165) is 12.8 Å². The van der Waals surface area contributed by atoms with Gasteiger partial charge < -0.3 is 49.2 Å². The highest BCUT2D eigenvalue weighted by atomic mass is 16.8. The molecule has 2 heterocycles. The summed E-state index contributed by atoms with van der Waals surface area (Å²) in [5, 5.41) is 50.7. The molecule has 0 aromatic heterocycles. The average Bonchev–Trinajstić information content (AvgIpc) is 3.16. The van der Waals surface area contributed by atoms with Gasteiger partial charge in [0.25, 0.3) is 0 Å². The molecular formula is C23H36O11. The van der Waals surface area contributed by atoms with Crippen molar-refractivity contribution >= 4 is 5.97 Å². The second-order valence-electron chi connectivity index (χ2n) is 8.74. The fraction of sp³-hybridized carbons (Fsp3) is 0.783. The topological polar surface area (TPSA) is 164 Å². The van der Waals surface area contributed by atoms with Crippen LogP contribution in [0.2, 0.25) is 0 Å². The minimum atomic E-state index is -1.63. The first-order valence-electron chi connectivity index (χ1n) is 11.8. The molecule has 0 radical (unpaired) electrons. The van der Waals surface area contributed by atoms with E-state index in [4.69, 9.17) is 23.7 Å². The van der Waals surface area contributed by atoms with Crippen LogP contribution < -0.4 is 0 Å². The Labute approximate surface area is 198 Å². The third-order valence-electron chi connectivity index (χ3n) is 6.25. The van der Waals surface area contributed by atoms with Crippen molar-refractivity contribution in [1.29, 1.82) is 0 Å². The van der Waals surface area contributed by atoms with Gasteiger partial charge in [-0.05, 0) is 18.4 Å². The van der Waals surface area contributed by atoms with E-state index < -0.39 is 67.5 Å². The highest BCUT2D eigenvalue weighted by molar-refractivity contribution is 5.89. The van der Waals surface area contributed by atoms with Crippen molar-refractivity contribution in [2.24, 2.45) is 11.8 Å². The first-order chi connectivity index (χ1) is 16.3. The SMILES string of the molecule is CCCCOC(=O)C1=CO[C@@H](O[C@@H]2O[C@H](CO)[C@@H](O)[C@H](O)[C@H]2O)[C@@H]2C(COCCC)=C[C@H](O)[C@H]12. The Morgan fingerprint density at radius 1 is 1.00 bits per heavy atom. The van der Waals surface area contributed by atoms with Gasteiger partial charge in [0.05, 0.1) is 43.7 Å². The Balaban J connectivity index is 1.82. The summed E-state index contributed by atoms with van der Waals surface area (Å²) >= 11 is 0. The molecule has 9 atom stereocenters. The molecule has 194 valence electrons. The number of fused-ring (bicyclic) bond motifs is 1. The zero-order valence-corrected chi connectivity index (χ0v) is 19.5. The van der Waals surface area contributed by atoms with Crippen molar-refractivity contribution in [3.63, 3.8) is 0 Å². The van der Waals surface area contributed by atoms with Crippen LogP contribution in [0.3, 0.4) is 0 Å². The van der Waals surface area contributed by atoms with Crippen molar-refractivity contribution in [3.05, 3.63) is 23.5 Å². The molecule has 3 aliphatic rings. The Kier molecular flexibility index (Phi) is 9.86. The quantitative estimate of drug-likeness (QED) is 0.143. The monoisotopic (exact) mass is 488 g/mol. The van der Waals surface area contributed by atoms with Gasteiger partial charge in [0.15, 0.2) is 6.29 Å². The van der Waals surface area contributed by atoms with Crippen molar-refractivity contribution < 1.29 is 54.0 Å². The zero-order chi connectivity index (χ0) is 24.8. The maximum atomic E-state index is 12.7. The fourth-order valence-corrected chi connectivity index (χ4v) is 4.39. The number of hydrogen-bond donors (Lipinski definition) is 5. The Morgan fingerprint density at radius 3 is 2.44 bits per heavy atom. The highest BCUT2D eigenvalue weighted by Crippen LogP contribution is 2.45. The van der Waals surface area contributed by atoms with Crippen molar-refractivity contribution in [1.82, 2.24) is 0 Å². The normalized spacial score (nSPS) is 37.4. The number of rotatable bonds is 11. The molecule has 0 spiro atoms. The summed E-state index contributed by atoms with van der Waals surface area (Å²) in [5.74, 6) is -2.01. The number of esters is 1. The summed E-state index contributed by atoms with van der Waals surface area (Å²) < 4.78 is 28.0. The highest BCUT2D eigenvalue weighted by Gasteiger charge is 2.52. The molecule has 11 heteroatoms. The maximum Gasteiger partial charge on any atom is 0.337 e. The molecular weight excluding hydrogens is 452 g/mol. The summed E-state index contributed by atoms with van der Waals surface area (Å²) in [5.41, 5.74) is 0.802. The number of aliphatic hydroxyl groups is 5. The van der Waals surface area contributed by atoms with Crippen LogP contribution in [0.1, 0.15) is 33.1 Å². The molecule has 1 aliphatic carbocycles. The van der Waals surface area contributed by atoms with Gasteiger partial charge in [0.2, 0.25) is 6.29 Å². The molecule has 0 aromatic carbocycles. The minimum Gasteiger partial charge on any atom is -0.471 e. The van der Waals surface area contributed by atoms with Crippen LogP contribution in [0.4, 0.5) is 0 Å². The lowest BCUT2D eigenvalue weighted by Crippen LogP contribution is -2.60. The predicted molar refractivity (Wildman–Crippen MR) is 116 cm³/mol. The van der Waals surface area contributed by atoms with Gasteiger partial charge >= 0.3 is 5.97 Å². The second-order valence-corrected chi connectivity index (χ2v) is 8.74. The van der Waals surface area contributed by atoms with E-state index >= 15 is 0 Å². The average molecular weight is 489 g/mol. The fourth-order valence-electron chi connectivity index (χ4n) is 4.39. The number of ether oxygens (including phenoxy) is 5. The number of carbonyl (C=O) groups is 1. The largest absolute Gasteiger partial charge is 0.471 e. The van der Waals surface area contributed by atoms with Crippen LogP contribution in [-0.2, 0) is 28.5 Å². The maximum absolute atomic E-state index is 12.7. The van der Waals surface area contributed by atoms with Crippen molar-refractivity contribution in [2.45, 2.75) is 76.2 Å². The van der Waals surface area contributed by atoms with Crippen LogP contribution in [0.5, 0.6) is 0 Å². The molecule has 2 aliphatic heterocycles. The minimum absolute atomic E-state index is 0.156. The standard InChI is InChI=1S/C23H36O11/c1-3-5-7-31-21(29)13-11-32-22(16-12(10-30-6-4-2)8-14(25)17(13)16)34-23-20(28)19(27)18(26)15(9-24)33-23/h8,11,14-20,22-28H,3-7,9-10H2,1-2H3/t14-,15+,16+,17-,18+,19-,20+,22-,23-/m0/s1. The molecule has 5 N–H and O–H groups in total. The summed E-state index contributed by atoms with van der Waals surface area (Å²) in [4.78, 5) is 12.7. The molecule has 0 amide bonds. The molecule has 1 fully saturated rings. The lowest BCUT2D eigenvalue weighted by atomic mass is 9.82. The van der Waals surface area contributed by atoms with Crippen molar-refractivity contribution in [3.8, 4) is 0 Å². The van der Waals surface area contributed by atoms with Gasteiger partial charge in [-0.2, -0.15) is 0 Å². The Morgan fingerprint density at radius 2 is 1.76 bits per heavy atom. The summed E-state index contributed by atoms with van der Waals surface area (Å²) in [7, 11) is 0. The van der Waals surface area contributed by atoms with Crippen LogP contribution in [-0.4, -0.2) is 101 Å². The van der Waals surface area contributed by atoms with Gasteiger partial charge in [-0.25, -0.2) is 4.79 Å². The summed E-state index contributed by atoms with van der Waals surface area (Å²) in [6, 6.07) is 0. The van der Waals surface area contributed by atoms with Crippen molar-refractivity contribution in [2.75, 3.05) is 26.4 Å². The number of aliphatic hydroxyl groups excluding tert-OH is 5. The lowest BCUT2D eigenvalue weighted by Gasteiger charge is -2.43. The molecule has 0 unspecified atom stereocenters. The smallest absolute Gasteiger partial charge is 0.337 e. The summed E-state index contributed by atoms with van der Waals surface area (Å²) in [6.07, 6.45) is -4.40. The number of unbranched alkanes of at least 4 members (excludes halogenated alkanes) is 1. The van der Waals surface area contributed by atoms with Crippen LogP contribution >= 0.6 is 0 Å². The first kappa shape index (κ1) is 27.0. The molecule has 34 heavy (non-hydrogen) atoms. The Bertz CT molecular complexity index is 736. The van der Waals surface area contributed by atoms with Gasteiger partial charge in [0.1, 0.15) is 24.4 Å². The van der Waals surface area contributed by atoms with E-state index in [1.165, 1.54) is 6.26 Å². The van der Waals surface area contributed by atoms with E-state index in [0.29, 0.717) is 18.6 Å². The third-order valence-corrected chi connectivity index (χ3v) is 6.25. The predicted octanol–water partition coefficient (Wildman–Crippen LogP) is -0.654. The molecule has 0 aromatic rings. The van der Waals surface area contributed by atoms with E-state index in [9.17, 15) is 30.3 Å². The van der Waals surface area contributed by atoms with Gasteiger partial charge in [-0.1, -0.05) is 26.3 Å². The van der Waals surface area contributed by atoms with Gasteiger partial charge in [0, 0.05) is 12.5 Å². The van der Waals surface area contributed by atoms with Gasteiger partial charge in [-0.3, -0.25) is 0 Å². The second kappa shape index (κ2) is 12.4. The zero-order valence-electron chi connectivity index (χ0n) is 19.5. The van der Waals surface area contributed by atoms with E-state index in [-0.39, 0.29) is 18.8 Å². The van der Waals surface area contributed by atoms with E-state index in [1.807, 2.05) is 13.8 Å². The number of hydrogen-bond acceptors (Lipinski definition) is 11. The van der Waals surface area contributed by atoms with Crippen LogP contribution in [0.15, 0.2) is 23.5 Å². The molecule has 0 bridgehead atoms. The molecule has 11 nitrogen and oxygen atoms in total.